The molecule has 0 saturated carbocycles. The first-order chi connectivity index (χ1) is 13.1. The second-order valence-corrected chi connectivity index (χ2v) is 6.96. The van der Waals surface area contributed by atoms with Crippen molar-refractivity contribution in [3.63, 3.8) is 0 Å². The molecule has 0 spiro atoms. The largest absolute Gasteiger partial charge is 0.345 e. The highest BCUT2D eigenvalue weighted by atomic mass is 16.2. The summed E-state index contributed by atoms with van der Waals surface area (Å²) >= 11 is 0. The van der Waals surface area contributed by atoms with Crippen molar-refractivity contribution in [2.75, 3.05) is 18.0 Å². The van der Waals surface area contributed by atoms with Gasteiger partial charge in [-0.1, -0.05) is 19.3 Å². The molecule has 2 N–H and O–H groups in total. The van der Waals surface area contributed by atoms with Crippen molar-refractivity contribution in [1.29, 1.82) is 0 Å². The lowest BCUT2D eigenvalue weighted by molar-refractivity contribution is 0.0937. The standard InChI is InChI=1S/C19H26N6O2/c1-13(23-18(27)16-10-20-12-22-17(16)26)15-11-21-19(24-14(15)2)25-8-6-4-3-5-7-9-25/h10-13H,3-9H2,1-2H3,(H,23,27)(H,20,22,26)/t13-/m1/s1. The average Bonchev–Trinajstić information content (AvgIpc) is 2.61. The number of hydrogen-bond acceptors (Lipinski definition) is 6. The van der Waals surface area contributed by atoms with Gasteiger partial charge in [0.25, 0.3) is 11.5 Å². The monoisotopic (exact) mass is 370 g/mol. The van der Waals surface area contributed by atoms with E-state index < -0.39 is 11.5 Å². The first-order valence-electron chi connectivity index (χ1n) is 9.48. The number of aromatic nitrogens is 4. The quantitative estimate of drug-likeness (QED) is 0.854. The van der Waals surface area contributed by atoms with E-state index in [9.17, 15) is 9.59 Å². The first-order valence-corrected chi connectivity index (χ1v) is 9.48. The topological polar surface area (TPSA) is 104 Å². The average molecular weight is 370 g/mol. The summed E-state index contributed by atoms with van der Waals surface area (Å²) in [6, 6.07) is -0.321. The van der Waals surface area contributed by atoms with E-state index in [0.717, 1.165) is 43.1 Å². The fourth-order valence-electron chi connectivity index (χ4n) is 3.35. The van der Waals surface area contributed by atoms with E-state index in [1.165, 1.54) is 31.8 Å². The summed E-state index contributed by atoms with van der Waals surface area (Å²) in [5, 5.41) is 2.82. The van der Waals surface area contributed by atoms with E-state index in [1.54, 1.807) is 6.20 Å². The summed E-state index contributed by atoms with van der Waals surface area (Å²) in [7, 11) is 0. The van der Waals surface area contributed by atoms with Crippen molar-refractivity contribution in [3.05, 3.63) is 45.9 Å². The van der Waals surface area contributed by atoms with E-state index in [4.69, 9.17) is 0 Å². The molecule has 3 rings (SSSR count). The summed E-state index contributed by atoms with van der Waals surface area (Å²) < 4.78 is 0. The van der Waals surface area contributed by atoms with E-state index in [0.29, 0.717) is 0 Å². The Morgan fingerprint density at radius 2 is 1.89 bits per heavy atom. The Morgan fingerprint density at radius 3 is 2.56 bits per heavy atom. The molecule has 0 radical (unpaired) electrons. The Labute approximate surface area is 158 Å². The zero-order valence-corrected chi connectivity index (χ0v) is 15.9. The summed E-state index contributed by atoms with van der Waals surface area (Å²) in [6.07, 6.45) is 10.4. The van der Waals surface area contributed by atoms with Crippen molar-refractivity contribution in [2.45, 2.75) is 52.0 Å². The number of nitrogens with one attached hydrogen (secondary N) is 2. The lowest BCUT2D eigenvalue weighted by atomic mass is 10.1. The molecular weight excluding hydrogens is 344 g/mol. The van der Waals surface area contributed by atoms with E-state index in [-0.39, 0.29) is 11.6 Å². The number of carbonyl (C=O) groups excluding carboxylic acids is 1. The second-order valence-electron chi connectivity index (χ2n) is 6.96. The summed E-state index contributed by atoms with van der Waals surface area (Å²) in [6.45, 7) is 5.73. The Morgan fingerprint density at radius 1 is 1.19 bits per heavy atom. The number of anilines is 1. The first kappa shape index (κ1) is 19.0. The summed E-state index contributed by atoms with van der Waals surface area (Å²) in [5.41, 5.74) is 1.18. The van der Waals surface area contributed by atoms with Crippen LogP contribution in [-0.2, 0) is 0 Å². The maximum atomic E-state index is 12.3. The molecule has 1 atom stereocenters. The highest BCUT2D eigenvalue weighted by molar-refractivity contribution is 5.93. The number of hydrogen-bond donors (Lipinski definition) is 2. The molecule has 27 heavy (non-hydrogen) atoms. The molecule has 1 fully saturated rings. The van der Waals surface area contributed by atoms with Crippen LogP contribution in [0, 0.1) is 6.92 Å². The number of aromatic amines is 1. The van der Waals surface area contributed by atoms with Crippen LogP contribution in [0.15, 0.2) is 23.5 Å². The van der Waals surface area contributed by atoms with Crippen LogP contribution in [0.4, 0.5) is 5.95 Å². The molecule has 2 aromatic heterocycles. The van der Waals surface area contributed by atoms with Gasteiger partial charge < -0.3 is 15.2 Å². The Balaban J connectivity index is 1.72. The van der Waals surface area contributed by atoms with Gasteiger partial charge in [-0.25, -0.2) is 15.0 Å². The second kappa shape index (κ2) is 8.75. The van der Waals surface area contributed by atoms with Crippen LogP contribution in [0.1, 0.15) is 66.7 Å². The third-order valence-electron chi connectivity index (χ3n) is 4.92. The number of rotatable bonds is 4. The van der Waals surface area contributed by atoms with E-state index in [2.05, 4.69) is 30.2 Å². The van der Waals surface area contributed by atoms with Gasteiger partial charge in [0.2, 0.25) is 5.95 Å². The van der Waals surface area contributed by atoms with E-state index >= 15 is 0 Å². The molecule has 1 saturated heterocycles. The normalized spacial score (nSPS) is 16.3. The predicted molar refractivity (Wildman–Crippen MR) is 103 cm³/mol. The lowest BCUT2D eigenvalue weighted by Gasteiger charge is -2.25. The highest BCUT2D eigenvalue weighted by Gasteiger charge is 2.18. The molecule has 8 heteroatoms. The molecular formula is C19H26N6O2. The van der Waals surface area contributed by atoms with E-state index in [1.807, 2.05) is 13.8 Å². The third-order valence-corrected chi connectivity index (χ3v) is 4.92. The van der Waals surface area contributed by atoms with Gasteiger partial charge in [0.05, 0.1) is 12.4 Å². The molecule has 0 bridgehead atoms. The third kappa shape index (κ3) is 4.69. The Kier molecular flexibility index (Phi) is 6.16. The van der Waals surface area contributed by atoms with Crippen molar-refractivity contribution in [3.8, 4) is 0 Å². The van der Waals surface area contributed by atoms with Gasteiger partial charge in [-0.05, 0) is 26.7 Å². The van der Waals surface area contributed by atoms with Crippen molar-refractivity contribution in [1.82, 2.24) is 25.3 Å². The summed E-state index contributed by atoms with van der Waals surface area (Å²) in [5.74, 6) is 0.282. The number of carbonyl (C=O) groups is 1. The van der Waals surface area contributed by atoms with Gasteiger partial charge in [-0.15, -0.1) is 0 Å². The minimum atomic E-state index is -0.468. The molecule has 0 aliphatic carbocycles. The molecule has 1 aliphatic rings. The fourth-order valence-corrected chi connectivity index (χ4v) is 3.35. The van der Waals surface area contributed by atoms with Crippen LogP contribution in [0.25, 0.3) is 0 Å². The molecule has 2 aromatic rings. The van der Waals surface area contributed by atoms with Gasteiger partial charge >= 0.3 is 0 Å². The lowest BCUT2D eigenvalue weighted by Crippen LogP contribution is -2.32. The van der Waals surface area contributed by atoms with Gasteiger partial charge in [0, 0.05) is 36.7 Å². The molecule has 1 amide bonds. The molecule has 0 aromatic carbocycles. The fraction of sp³-hybridized carbons (Fsp3) is 0.526. The van der Waals surface area contributed by atoms with Crippen LogP contribution >= 0.6 is 0 Å². The van der Waals surface area contributed by atoms with Crippen LogP contribution in [0.3, 0.4) is 0 Å². The Bertz CT molecular complexity index is 842. The van der Waals surface area contributed by atoms with Gasteiger partial charge in [-0.3, -0.25) is 9.59 Å². The number of nitrogens with zero attached hydrogens (tertiary/aromatic N) is 4. The zero-order chi connectivity index (χ0) is 19.2. The van der Waals surface area contributed by atoms with Crippen molar-refractivity contribution >= 4 is 11.9 Å². The molecule has 0 unspecified atom stereocenters. The highest BCUT2D eigenvalue weighted by Crippen LogP contribution is 2.20. The van der Waals surface area contributed by atoms with Crippen molar-refractivity contribution < 1.29 is 4.79 Å². The molecule has 8 nitrogen and oxygen atoms in total. The maximum absolute atomic E-state index is 12.3. The van der Waals surface area contributed by atoms with Crippen LogP contribution in [-0.4, -0.2) is 38.9 Å². The molecule has 144 valence electrons. The number of aryl methyl sites for hydroxylation is 1. The predicted octanol–water partition coefficient (Wildman–Crippen LogP) is 2.13. The van der Waals surface area contributed by atoms with Crippen molar-refractivity contribution in [2.24, 2.45) is 0 Å². The minimum Gasteiger partial charge on any atom is -0.345 e. The summed E-state index contributed by atoms with van der Waals surface area (Å²) in [4.78, 5) is 41.7. The van der Waals surface area contributed by atoms with Gasteiger partial charge in [0.15, 0.2) is 0 Å². The van der Waals surface area contributed by atoms with Crippen LogP contribution in [0.5, 0.6) is 0 Å². The number of amides is 1. The Hall–Kier alpha value is -2.77. The van der Waals surface area contributed by atoms with Crippen LogP contribution < -0.4 is 15.8 Å². The zero-order valence-electron chi connectivity index (χ0n) is 15.9. The van der Waals surface area contributed by atoms with Gasteiger partial charge in [0.1, 0.15) is 5.56 Å². The van der Waals surface area contributed by atoms with Crippen LogP contribution in [0.2, 0.25) is 0 Å². The molecule has 3 heterocycles. The maximum Gasteiger partial charge on any atom is 0.263 e. The minimum absolute atomic E-state index is 0.0137. The molecule has 1 aliphatic heterocycles. The smallest absolute Gasteiger partial charge is 0.263 e. The SMILES string of the molecule is Cc1nc(N2CCCCCCC2)ncc1[C@@H](C)NC(=O)c1cnc[nH]c1=O. The van der Waals surface area contributed by atoms with Gasteiger partial charge in [-0.2, -0.15) is 0 Å². The number of H-pyrrole nitrogens is 1.